The second kappa shape index (κ2) is 7.04. The minimum Gasteiger partial charge on any atom is -0.335 e. The average Bonchev–Trinajstić information content (AvgIpc) is 2.31. The molecule has 2 amide bonds. The summed E-state index contributed by atoms with van der Waals surface area (Å²) in [6, 6.07) is 8.05. The van der Waals surface area contributed by atoms with Gasteiger partial charge in [0.15, 0.2) is 0 Å². The van der Waals surface area contributed by atoms with E-state index < -0.39 is 0 Å². The summed E-state index contributed by atoms with van der Waals surface area (Å²) in [4.78, 5) is 11.7. The van der Waals surface area contributed by atoms with Gasteiger partial charge in [0.25, 0.3) is 0 Å². The fourth-order valence-corrected chi connectivity index (χ4v) is 1.58. The van der Waals surface area contributed by atoms with Crippen LogP contribution in [-0.4, -0.2) is 12.1 Å². The topological polar surface area (TPSA) is 41.1 Å². The Morgan fingerprint density at radius 1 is 1.17 bits per heavy atom. The molecule has 1 aromatic rings. The van der Waals surface area contributed by atoms with Gasteiger partial charge in [0.2, 0.25) is 0 Å². The number of rotatable bonds is 5. The number of carbonyl (C=O) groups is 1. The van der Waals surface area contributed by atoms with Crippen LogP contribution in [0, 0.1) is 5.92 Å². The zero-order valence-corrected chi connectivity index (χ0v) is 11.8. The lowest BCUT2D eigenvalue weighted by Crippen LogP contribution is -2.38. The number of amides is 2. The van der Waals surface area contributed by atoms with Crippen LogP contribution in [0.4, 0.5) is 10.5 Å². The highest BCUT2D eigenvalue weighted by Crippen LogP contribution is 2.11. The Bertz CT molecular complexity index is 371. The predicted molar refractivity (Wildman–Crippen MR) is 76.9 cm³/mol. The molecule has 100 valence electrons. The summed E-state index contributed by atoms with van der Waals surface area (Å²) in [5, 5.41) is 5.76. The lowest BCUT2D eigenvalue weighted by Gasteiger charge is -2.17. The molecule has 0 heterocycles. The van der Waals surface area contributed by atoms with Crippen molar-refractivity contribution < 1.29 is 4.79 Å². The summed E-state index contributed by atoms with van der Waals surface area (Å²) < 4.78 is 0. The van der Waals surface area contributed by atoms with E-state index >= 15 is 0 Å². The molecule has 0 fully saturated rings. The monoisotopic (exact) mass is 248 g/mol. The molecule has 3 heteroatoms. The Balaban J connectivity index is 2.49. The molecule has 0 aliphatic heterocycles. The highest BCUT2D eigenvalue weighted by atomic mass is 16.2. The Hall–Kier alpha value is -1.51. The first-order valence-corrected chi connectivity index (χ1v) is 6.69. The zero-order chi connectivity index (χ0) is 13.5. The fraction of sp³-hybridized carbons (Fsp3) is 0.533. The van der Waals surface area contributed by atoms with Crippen molar-refractivity contribution in [3.63, 3.8) is 0 Å². The summed E-state index contributed by atoms with van der Waals surface area (Å²) in [5.74, 6) is 0.433. The van der Waals surface area contributed by atoms with Crippen LogP contribution in [0.25, 0.3) is 0 Å². The smallest absolute Gasteiger partial charge is 0.319 e. The van der Waals surface area contributed by atoms with E-state index in [2.05, 4.69) is 43.5 Å². The zero-order valence-electron chi connectivity index (χ0n) is 11.8. The Kier molecular flexibility index (Phi) is 5.69. The average molecular weight is 248 g/mol. The number of aryl methyl sites for hydroxylation is 1. The molecule has 0 aliphatic carbocycles. The number of urea groups is 1. The normalized spacial score (nSPS) is 12.3. The minimum atomic E-state index is -0.139. The van der Waals surface area contributed by atoms with Gasteiger partial charge in [-0.1, -0.05) is 39.3 Å². The van der Waals surface area contributed by atoms with Gasteiger partial charge in [-0.15, -0.1) is 0 Å². The molecule has 0 aromatic heterocycles. The fourth-order valence-electron chi connectivity index (χ4n) is 1.58. The largest absolute Gasteiger partial charge is 0.335 e. The lowest BCUT2D eigenvalue weighted by molar-refractivity contribution is 0.246. The van der Waals surface area contributed by atoms with Gasteiger partial charge >= 0.3 is 6.03 Å². The van der Waals surface area contributed by atoms with Gasteiger partial charge in [-0.25, -0.2) is 4.79 Å². The molecule has 1 rings (SSSR count). The minimum absolute atomic E-state index is 0.139. The van der Waals surface area contributed by atoms with Crippen molar-refractivity contribution in [3.8, 4) is 0 Å². The van der Waals surface area contributed by atoms with Crippen LogP contribution in [0.1, 0.15) is 39.7 Å². The van der Waals surface area contributed by atoms with Crippen molar-refractivity contribution in [1.82, 2.24) is 5.32 Å². The number of hydrogen-bond donors (Lipinski definition) is 2. The Labute approximate surface area is 110 Å². The Morgan fingerprint density at radius 2 is 1.78 bits per heavy atom. The van der Waals surface area contributed by atoms with Crippen molar-refractivity contribution >= 4 is 11.7 Å². The van der Waals surface area contributed by atoms with Crippen molar-refractivity contribution in [2.75, 3.05) is 5.32 Å². The number of nitrogens with one attached hydrogen (secondary N) is 2. The molecular formula is C15H24N2O. The van der Waals surface area contributed by atoms with Gasteiger partial charge < -0.3 is 10.6 Å². The van der Waals surface area contributed by atoms with Gasteiger partial charge in [-0.2, -0.15) is 0 Å². The van der Waals surface area contributed by atoms with E-state index in [9.17, 15) is 4.79 Å². The molecule has 18 heavy (non-hydrogen) atoms. The third kappa shape index (κ3) is 4.78. The van der Waals surface area contributed by atoms with E-state index in [-0.39, 0.29) is 12.1 Å². The summed E-state index contributed by atoms with van der Waals surface area (Å²) in [5.41, 5.74) is 2.14. The second-order valence-corrected chi connectivity index (χ2v) is 5.08. The lowest BCUT2D eigenvalue weighted by atomic mass is 10.1. The maximum atomic E-state index is 11.7. The van der Waals surface area contributed by atoms with Crippen molar-refractivity contribution in [1.29, 1.82) is 0 Å². The highest BCUT2D eigenvalue weighted by Gasteiger charge is 2.10. The third-order valence-electron chi connectivity index (χ3n) is 3.11. The molecule has 0 bridgehead atoms. The van der Waals surface area contributed by atoms with Gasteiger partial charge in [0, 0.05) is 11.7 Å². The van der Waals surface area contributed by atoms with Crippen LogP contribution in [0.5, 0.6) is 0 Å². The molecule has 2 N–H and O–H groups in total. The van der Waals surface area contributed by atoms with Crippen LogP contribution in [0.3, 0.4) is 0 Å². The van der Waals surface area contributed by atoms with Crippen molar-refractivity contribution in [2.45, 2.75) is 46.6 Å². The molecule has 3 nitrogen and oxygen atoms in total. The number of hydrogen-bond acceptors (Lipinski definition) is 1. The van der Waals surface area contributed by atoms with Crippen LogP contribution >= 0.6 is 0 Å². The molecule has 0 saturated carbocycles. The first kappa shape index (κ1) is 14.6. The van der Waals surface area contributed by atoms with Crippen LogP contribution in [0.15, 0.2) is 24.3 Å². The Morgan fingerprint density at radius 3 is 2.28 bits per heavy atom. The summed E-state index contributed by atoms with van der Waals surface area (Å²) in [7, 11) is 0. The number of benzene rings is 1. The second-order valence-electron chi connectivity index (χ2n) is 5.08. The van der Waals surface area contributed by atoms with Crippen LogP contribution in [-0.2, 0) is 6.42 Å². The molecule has 1 atom stereocenters. The van der Waals surface area contributed by atoms with Crippen molar-refractivity contribution in [2.24, 2.45) is 5.92 Å². The molecule has 0 spiro atoms. The number of carbonyl (C=O) groups excluding carboxylic acids is 1. The van der Waals surface area contributed by atoms with Crippen molar-refractivity contribution in [3.05, 3.63) is 29.8 Å². The van der Waals surface area contributed by atoms with E-state index in [1.807, 2.05) is 19.1 Å². The molecule has 1 unspecified atom stereocenters. The number of anilines is 1. The molecule has 1 aromatic carbocycles. The predicted octanol–water partition coefficient (Wildman–Crippen LogP) is 3.81. The molecule has 0 radical (unpaired) electrons. The highest BCUT2D eigenvalue weighted by molar-refractivity contribution is 5.89. The van der Waals surface area contributed by atoms with E-state index in [1.165, 1.54) is 5.56 Å². The third-order valence-corrected chi connectivity index (χ3v) is 3.11. The van der Waals surface area contributed by atoms with E-state index in [0.29, 0.717) is 5.92 Å². The molecular weight excluding hydrogens is 224 g/mol. The summed E-state index contributed by atoms with van der Waals surface area (Å²) >= 11 is 0. The first-order valence-electron chi connectivity index (χ1n) is 6.69. The maximum absolute atomic E-state index is 11.7. The van der Waals surface area contributed by atoms with E-state index in [0.717, 1.165) is 18.5 Å². The maximum Gasteiger partial charge on any atom is 0.319 e. The first-order chi connectivity index (χ1) is 8.52. The summed E-state index contributed by atoms with van der Waals surface area (Å²) in [6.07, 6.45) is 2.22. The summed E-state index contributed by atoms with van der Waals surface area (Å²) in [6.45, 7) is 8.34. The van der Waals surface area contributed by atoms with Crippen LogP contribution < -0.4 is 10.6 Å². The molecule has 0 aliphatic rings. The van der Waals surface area contributed by atoms with Gasteiger partial charge in [-0.3, -0.25) is 0 Å². The van der Waals surface area contributed by atoms with Gasteiger partial charge in [-0.05, 0) is 37.0 Å². The quantitative estimate of drug-likeness (QED) is 0.817. The van der Waals surface area contributed by atoms with Gasteiger partial charge in [0.1, 0.15) is 0 Å². The SMILES string of the molecule is CCCc1ccc(NC(=O)NC(C)C(C)C)cc1. The molecule has 0 saturated heterocycles. The standard InChI is InChI=1S/C15H24N2O/c1-5-6-13-7-9-14(10-8-13)17-15(18)16-12(4)11(2)3/h7-12H,5-6H2,1-4H3,(H2,16,17,18). The van der Waals surface area contributed by atoms with E-state index in [4.69, 9.17) is 0 Å². The van der Waals surface area contributed by atoms with Crippen LogP contribution in [0.2, 0.25) is 0 Å². The van der Waals surface area contributed by atoms with E-state index in [1.54, 1.807) is 0 Å². The van der Waals surface area contributed by atoms with Gasteiger partial charge in [0.05, 0.1) is 0 Å².